The topological polar surface area (TPSA) is 54.5 Å². The Kier molecular flexibility index (Phi) is 4.44. The molecule has 0 atom stereocenters. The third-order valence-electron chi connectivity index (χ3n) is 3.43. The lowest BCUT2D eigenvalue weighted by Gasteiger charge is -2.16. The van der Waals surface area contributed by atoms with Crippen molar-refractivity contribution in [1.29, 1.82) is 0 Å². The van der Waals surface area contributed by atoms with Gasteiger partial charge in [-0.25, -0.2) is 9.78 Å². The number of nitrogens with one attached hydrogen (secondary N) is 1. The number of halogens is 1. The lowest BCUT2D eigenvalue weighted by atomic mass is 10.3. The van der Waals surface area contributed by atoms with Crippen molar-refractivity contribution in [3.8, 4) is 11.6 Å². The number of anilines is 1. The van der Waals surface area contributed by atoms with Gasteiger partial charge in [0.15, 0.2) is 0 Å². The van der Waals surface area contributed by atoms with Gasteiger partial charge in [-0.3, -0.25) is 0 Å². The van der Waals surface area contributed by atoms with Crippen molar-refractivity contribution in [1.82, 2.24) is 9.88 Å². The second kappa shape index (κ2) is 6.66. The monoisotopic (exact) mass is 317 g/mol. The number of hydrogen-bond donors (Lipinski definition) is 1. The zero-order valence-corrected chi connectivity index (χ0v) is 12.7. The summed E-state index contributed by atoms with van der Waals surface area (Å²) in [5.41, 5.74) is 0.647. The molecule has 2 aromatic rings. The highest BCUT2D eigenvalue weighted by Gasteiger charge is 2.17. The second-order valence-electron chi connectivity index (χ2n) is 5.04. The number of ether oxygens (including phenoxy) is 1. The number of carbonyl (C=O) groups excluding carboxylic acids is 1. The summed E-state index contributed by atoms with van der Waals surface area (Å²) >= 11 is 6.06. The minimum absolute atomic E-state index is 0.0904. The molecule has 5 nitrogen and oxygen atoms in total. The van der Waals surface area contributed by atoms with Crippen LogP contribution in [0, 0.1) is 0 Å². The third kappa shape index (κ3) is 3.49. The standard InChI is InChI=1S/C16H16ClN3O2/c17-13-5-1-2-6-14(13)22-15-11-12(7-8-18-15)19-16(21)20-9-3-4-10-20/h1-2,5-8,11H,3-4,9-10H2,(H,18,19,21). The van der Waals surface area contributed by atoms with E-state index >= 15 is 0 Å². The van der Waals surface area contributed by atoms with E-state index in [2.05, 4.69) is 10.3 Å². The molecule has 1 aromatic heterocycles. The van der Waals surface area contributed by atoms with Crippen LogP contribution in [0.3, 0.4) is 0 Å². The van der Waals surface area contributed by atoms with Crippen molar-refractivity contribution in [3.05, 3.63) is 47.6 Å². The number of nitrogens with zero attached hydrogens (tertiary/aromatic N) is 2. The average molecular weight is 318 g/mol. The fraction of sp³-hybridized carbons (Fsp3) is 0.250. The van der Waals surface area contributed by atoms with Crippen LogP contribution in [-0.2, 0) is 0 Å². The summed E-state index contributed by atoms with van der Waals surface area (Å²) in [7, 11) is 0. The fourth-order valence-electron chi connectivity index (χ4n) is 2.31. The molecule has 114 valence electrons. The number of hydrogen-bond acceptors (Lipinski definition) is 3. The second-order valence-corrected chi connectivity index (χ2v) is 5.45. The molecule has 1 fully saturated rings. The molecule has 0 spiro atoms. The number of likely N-dealkylation sites (tertiary alicyclic amines) is 1. The lowest BCUT2D eigenvalue weighted by Crippen LogP contribution is -2.32. The maximum atomic E-state index is 12.1. The van der Waals surface area contributed by atoms with E-state index in [9.17, 15) is 4.79 Å². The zero-order valence-electron chi connectivity index (χ0n) is 12.0. The van der Waals surface area contributed by atoms with Crippen LogP contribution in [0.25, 0.3) is 0 Å². The summed E-state index contributed by atoms with van der Waals surface area (Å²) in [6.45, 7) is 1.61. The predicted molar refractivity (Wildman–Crippen MR) is 85.6 cm³/mol. The van der Waals surface area contributed by atoms with Gasteiger partial charge < -0.3 is 15.0 Å². The molecule has 0 saturated carbocycles. The first-order valence-electron chi connectivity index (χ1n) is 7.17. The summed E-state index contributed by atoms with van der Waals surface area (Å²) in [6.07, 6.45) is 3.71. The maximum Gasteiger partial charge on any atom is 0.321 e. The lowest BCUT2D eigenvalue weighted by molar-refractivity contribution is 0.222. The van der Waals surface area contributed by atoms with Crippen molar-refractivity contribution in [3.63, 3.8) is 0 Å². The maximum absolute atomic E-state index is 12.1. The Labute approximate surface area is 133 Å². The van der Waals surface area contributed by atoms with Gasteiger partial charge in [0.2, 0.25) is 5.88 Å². The molecule has 0 bridgehead atoms. The van der Waals surface area contributed by atoms with Crippen LogP contribution in [0.2, 0.25) is 5.02 Å². The van der Waals surface area contributed by atoms with Crippen LogP contribution in [-0.4, -0.2) is 29.0 Å². The van der Waals surface area contributed by atoms with Crippen LogP contribution in [0.1, 0.15) is 12.8 Å². The number of amides is 2. The molecule has 2 amide bonds. The summed E-state index contributed by atoms with van der Waals surface area (Å²) in [4.78, 5) is 18.0. The predicted octanol–water partition coefficient (Wildman–Crippen LogP) is 4.16. The first kappa shape index (κ1) is 14.7. The normalized spacial score (nSPS) is 14.0. The molecular weight excluding hydrogens is 302 g/mol. The number of pyridine rings is 1. The van der Waals surface area contributed by atoms with E-state index in [1.165, 1.54) is 0 Å². The van der Waals surface area contributed by atoms with E-state index < -0.39 is 0 Å². The van der Waals surface area contributed by atoms with Crippen LogP contribution in [0.5, 0.6) is 11.6 Å². The molecule has 1 aliphatic heterocycles. The Morgan fingerprint density at radius 3 is 2.77 bits per heavy atom. The average Bonchev–Trinajstić information content (AvgIpc) is 3.04. The van der Waals surface area contributed by atoms with E-state index in [1.807, 2.05) is 12.1 Å². The first-order chi connectivity index (χ1) is 10.7. The van der Waals surface area contributed by atoms with Crippen LogP contribution < -0.4 is 10.1 Å². The van der Waals surface area contributed by atoms with Gasteiger partial charge in [-0.2, -0.15) is 0 Å². The van der Waals surface area contributed by atoms with Gasteiger partial charge in [-0.05, 0) is 31.0 Å². The molecule has 0 aliphatic carbocycles. The Morgan fingerprint density at radius 1 is 1.23 bits per heavy atom. The Hall–Kier alpha value is -2.27. The zero-order chi connectivity index (χ0) is 15.4. The number of aromatic nitrogens is 1. The van der Waals surface area contributed by atoms with Gasteiger partial charge in [0, 0.05) is 31.0 Å². The van der Waals surface area contributed by atoms with Gasteiger partial charge in [-0.1, -0.05) is 23.7 Å². The summed E-state index contributed by atoms with van der Waals surface area (Å²) in [5.74, 6) is 0.909. The van der Waals surface area contributed by atoms with E-state index in [0.717, 1.165) is 25.9 Å². The van der Waals surface area contributed by atoms with Gasteiger partial charge >= 0.3 is 6.03 Å². The molecule has 0 radical (unpaired) electrons. The van der Waals surface area contributed by atoms with Gasteiger partial charge in [0.05, 0.1) is 5.02 Å². The van der Waals surface area contributed by atoms with Crippen LogP contribution >= 0.6 is 11.6 Å². The molecule has 1 aliphatic rings. The van der Waals surface area contributed by atoms with Crippen LogP contribution in [0.4, 0.5) is 10.5 Å². The third-order valence-corrected chi connectivity index (χ3v) is 3.74. The highest BCUT2D eigenvalue weighted by Crippen LogP contribution is 2.28. The van der Waals surface area contributed by atoms with Crippen LogP contribution in [0.15, 0.2) is 42.6 Å². The van der Waals surface area contributed by atoms with Crippen molar-refractivity contribution in [2.75, 3.05) is 18.4 Å². The molecule has 6 heteroatoms. The SMILES string of the molecule is O=C(Nc1ccnc(Oc2ccccc2Cl)c1)N1CCCC1. The van der Waals surface area contributed by atoms with Crippen molar-refractivity contribution < 1.29 is 9.53 Å². The first-order valence-corrected chi connectivity index (χ1v) is 7.54. The summed E-state index contributed by atoms with van der Waals surface area (Å²) in [6, 6.07) is 10.5. The Balaban J connectivity index is 1.70. The molecular formula is C16H16ClN3O2. The molecule has 0 unspecified atom stereocenters. The van der Waals surface area contributed by atoms with E-state index in [0.29, 0.717) is 22.3 Å². The fourth-order valence-corrected chi connectivity index (χ4v) is 2.48. The Bertz CT molecular complexity index is 672. The van der Waals surface area contributed by atoms with Gasteiger partial charge in [0.1, 0.15) is 5.75 Å². The van der Waals surface area contributed by atoms with Gasteiger partial charge in [-0.15, -0.1) is 0 Å². The van der Waals surface area contributed by atoms with E-state index in [1.54, 1.807) is 35.4 Å². The molecule has 22 heavy (non-hydrogen) atoms. The number of rotatable bonds is 3. The van der Waals surface area contributed by atoms with Gasteiger partial charge in [0.25, 0.3) is 0 Å². The Morgan fingerprint density at radius 2 is 2.00 bits per heavy atom. The molecule has 1 aromatic carbocycles. The van der Waals surface area contributed by atoms with Crippen molar-refractivity contribution >= 4 is 23.3 Å². The number of benzene rings is 1. The van der Waals surface area contributed by atoms with Crippen molar-refractivity contribution in [2.45, 2.75) is 12.8 Å². The summed E-state index contributed by atoms with van der Waals surface area (Å²) < 4.78 is 5.65. The largest absolute Gasteiger partial charge is 0.437 e. The highest BCUT2D eigenvalue weighted by atomic mass is 35.5. The minimum atomic E-state index is -0.0904. The smallest absolute Gasteiger partial charge is 0.321 e. The van der Waals surface area contributed by atoms with E-state index in [-0.39, 0.29) is 6.03 Å². The number of carbonyl (C=O) groups is 1. The molecule has 1 saturated heterocycles. The highest BCUT2D eigenvalue weighted by molar-refractivity contribution is 6.32. The molecule has 2 heterocycles. The van der Waals surface area contributed by atoms with E-state index in [4.69, 9.17) is 16.3 Å². The minimum Gasteiger partial charge on any atom is -0.437 e. The molecule has 1 N–H and O–H groups in total. The number of para-hydroxylation sites is 1. The van der Waals surface area contributed by atoms with Crippen molar-refractivity contribution in [2.24, 2.45) is 0 Å². The number of urea groups is 1. The molecule has 3 rings (SSSR count). The summed E-state index contributed by atoms with van der Waals surface area (Å²) in [5, 5.41) is 3.37. The quantitative estimate of drug-likeness (QED) is 0.925.